The van der Waals surface area contributed by atoms with Crippen LogP contribution < -0.4 is 0 Å². The van der Waals surface area contributed by atoms with Crippen molar-refractivity contribution in [1.29, 1.82) is 0 Å². The molecule has 0 aliphatic rings. The topological polar surface area (TPSA) is 43.1 Å². The lowest BCUT2D eigenvalue weighted by Gasteiger charge is -2.01. The molecule has 0 unspecified atom stereocenters. The fourth-order valence-corrected chi connectivity index (χ4v) is 2.51. The number of halogens is 1. The number of rotatable bonds is 8. The predicted octanol–water partition coefficient (Wildman–Crippen LogP) is 4.49. The molecule has 1 rings (SSSR count). The Morgan fingerprint density at radius 2 is 1.76 bits per heavy atom. The van der Waals surface area contributed by atoms with E-state index in [1.54, 1.807) is 23.9 Å². The molecule has 17 heavy (non-hydrogen) atoms. The Morgan fingerprint density at radius 1 is 1.12 bits per heavy atom. The number of nitrogens with zero attached hydrogens (tertiary/aromatic N) is 1. The lowest BCUT2D eigenvalue weighted by Crippen LogP contribution is -1.87. The van der Waals surface area contributed by atoms with E-state index in [-0.39, 0.29) is 10.6 Å². The minimum atomic E-state index is -0.374. The second kappa shape index (κ2) is 8.37. The van der Waals surface area contributed by atoms with Crippen LogP contribution in [0.2, 0.25) is 0 Å². The van der Waals surface area contributed by atoms with Gasteiger partial charge in [0.15, 0.2) is 0 Å². The Labute approximate surface area is 111 Å². The first-order valence-electron chi connectivity index (χ1n) is 5.67. The summed E-state index contributed by atoms with van der Waals surface area (Å²) < 4.78 is 0. The van der Waals surface area contributed by atoms with Crippen LogP contribution in [0, 0.1) is 10.1 Å². The summed E-state index contributed by atoms with van der Waals surface area (Å²) in [5.74, 6) is 1.80. The second-order valence-corrected chi connectivity index (χ2v) is 5.25. The molecular formula is C12H16ClNO2S. The van der Waals surface area contributed by atoms with Crippen molar-refractivity contribution in [2.45, 2.75) is 30.6 Å². The quantitative estimate of drug-likeness (QED) is 0.230. The molecule has 0 atom stereocenters. The van der Waals surface area contributed by atoms with Gasteiger partial charge in [-0.15, -0.1) is 23.4 Å². The van der Waals surface area contributed by atoms with Crippen LogP contribution in [0.25, 0.3) is 0 Å². The zero-order valence-corrected chi connectivity index (χ0v) is 11.2. The monoisotopic (exact) mass is 273 g/mol. The smallest absolute Gasteiger partial charge is 0.258 e. The van der Waals surface area contributed by atoms with Crippen molar-refractivity contribution in [3.05, 3.63) is 34.4 Å². The van der Waals surface area contributed by atoms with Gasteiger partial charge in [-0.25, -0.2) is 0 Å². The summed E-state index contributed by atoms with van der Waals surface area (Å²) in [5, 5.41) is 10.5. The van der Waals surface area contributed by atoms with E-state index in [9.17, 15) is 10.1 Å². The highest BCUT2D eigenvalue weighted by Gasteiger charge is 2.03. The zero-order chi connectivity index (χ0) is 12.5. The molecule has 3 nitrogen and oxygen atoms in total. The molecule has 94 valence electrons. The van der Waals surface area contributed by atoms with Gasteiger partial charge in [0, 0.05) is 22.9 Å². The first-order valence-corrected chi connectivity index (χ1v) is 7.19. The van der Waals surface area contributed by atoms with Gasteiger partial charge in [-0.3, -0.25) is 10.1 Å². The maximum Gasteiger partial charge on any atom is 0.269 e. The van der Waals surface area contributed by atoms with Gasteiger partial charge in [-0.1, -0.05) is 12.8 Å². The number of nitro groups is 1. The highest BCUT2D eigenvalue weighted by Crippen LogP contribution is 2.22. The van der Waals surface area contributed by atoms with E-state index in [2.05, 4.69) is 0 Å². The minimum Gasteiger partial charge on any atom is -0.258 e. The van der Waals surface area contributed by atoms with E-state index in [4.69, 9.17) is 11.6 Å². The zero-order valence-electron chi connectivity index (χ0n) is 9.60. The molecule has 0 N–H and O–H groups in total. The maximum atomic E-state index is 10.5. The molecular weight excluding hydrogens is 258 g/mol. The summed E-state index contributed by atoms with van der Waals surface area (Å²) in [5.41, 5.74) is 0.150. The molecule has 0 radical (unpaired) electrons. The molecule has 0 heterocycles. The molecule has 0 saturated heterocycles. The van der Waals surface area contributed by atoms with Crippen LogP contribution in [0.4, 0.5) is 5.69 Å². The van der Waals surface area contributed by atoms with Gasteiger partial charge in [0.1, 0.15) is 0 Å². The third kappa shape index (κ3) is 5.94. The lowest BCUT2D eigenvalue weighted by molar-refractivity contribution is -0.384. The molecule has 0 aliphatic heterocycles. The van der Waals surface area contributed by atoms with E-state index in [0.29, 0.717) is 0 Å². The van der Waals surface area contributed by atoms with Crippen molar-refractivity contribution in [2.75, 3.05) is 11.6 Å². The van der Waals surface area contributed by atoms with E-state index in [1.807, 2.05) is 12.1 Å². The molecule has 1 aromatic carbocycles. The Balaban J connectivity index is 2.21. The fourth-order valence-electron chi connectivity index (χ4n) is 1.40. The Morgan fingerprint density at radius 3 is 2.35 bits per heavy atom. The summed E-state index contributed by atoms with van der Waals surface area (Å²) in [7, 11) is 0. The van der Waals surface area contributed by atoms with Gasteiger partial charge in [0.05, 0.1) is 4.92 Å². The molecule has 0 bridgehead atoms. The van der Waals surface area contributed by atoms with Crippen LogP contribution in [-0.4, -0.2) is 16.6 Å². The highest BCUT2D eigenvalue weighted by atomic mass is 35.5. The number of benzene rings is 1. The van der Waals surface area contributed by atoms with Crippen molar-refractivity contribution in [3.63, 3.8) is 0 Å². The summed E-state index contributed by atoms with van der Waals surface area (Å²) in [6, 6.07) is 6.72. The number of hydrogen-bond donors (Lipinski definition) is 0. The van der Waals surface area contributed by atoms with Crippen molar-refractivity contribution in [1.82, 2.24) is 0 Å². The van der Waals surface area contributed by atoms with Crippen molar-refractivity contribution in [3.8, 4) is 0 Å². The van der Waals surface area contributed by atoms with Crippen molar-refractivity contribution in [2.24, 2.45) is 0 Å². The Hall–Kier alpha value is -0.740. The van der Waals surface area contributed by atoms with E-state index >= 15 is 0 Å². The van der Waals surface area contributed by atoms with Crippen LogP contribution in [0.15, 0.2) is 29.2 Å². The third-order valence-electron chi connectivity index (χ3n) is 2.34. The van der Waals surface area contributed by atoms with Gasteiger partial charge in [0.25, 0.3) is 5.69 Å². The number of thioether (sulfide) groups is 1. The SMILES string of the molecule is O=[N+]([O-])c1ccc(SCCCCCCCl)cc1. The van der Waals surface area contributed by atoms with Crippen LogP contribution >= 0.6 is 23.4 Å². The van der Waals surface area contributed by atoms with Gasteiger partial charge in [-0.05, 0) is 30.7 Å². The van der Waals surface area contributed by atoms with Gasteiger partial charge >= 0.3 is 0 Å². The first-order chi connectivity index (χ1) is 8.24. The van der Waals surface area contributed by atoms with E-state index in [0.717, 1.165) is 22.9 Å². The predicted molar refractivity (Wildman–Crippen MR) is 73.0 cm³/mol. The standard InChI is InChI=1S/C12H16ClNO2S/c13-9-3-1-2-4-10-17-12-7-5-11(6-8-12)14(15)16/h5-8H,1-4,9-10H2. The van der Waals surface area contributed by atoms with Crippen molar-refractivity contribution >= 4 is 29.1 Å². The summed E-state index contributed by atoms with van der Waals surface area (Å²) >= 11 is 7.33. The number of alkyl halides is 1. The Kier molecular flexibility index (Phi) is 7.05. The normalized spacial score (nSPS) is 10.4. The summed E-state index contributed by atoms with van der Waals surface area (Å²) in [6.45, 7) is 0. The van der Waals surface area contributed by atoms with Gasteiger partial charge < -0.3 is 0 Å². The molecule has 1 aromatic rings. The molecule has 5 heteroatoms. The number of nitro benzene ring substituents is 1. The maximum absolute atomic E-state index is 10.5. The fraction of sp³-hybridized carbons (Fsp3) is 0.500. The minimum absolute atomic E-state index is 0.150. The molecule has 0 saturated carbocycles. The summed E-state index contributed by atoms with van der Waals surface area (Å²) in [4.78, 5) is 11.2. The second-order valence-electron chi connectivity index (χ2n) is 3.70. The van der Waals surface area contributed by atoms with Crippen LogP contribution in [-0.2, 0) is 0 Å². The molecule has 0 amide bonds. The van der Waals surface area contributed by atoms with Crippen LogP contribution in [0.1, 0.15) is 25.7 Å². The van der Waals surface area contributed by atoms with E-state index < -0.39 is 0 Å². The lowest BCUT2D eigenvalue weighted by atomic mass is 10.2. The van der Waals surface area contributed by atoms with Crippen molar-refractivity contribution < 1.29 is 4.92 Å². The van der Waals surface area contributed by atoms with E-state index in [1.165, 1.54) is 19.3 Å². The highest BCUT2D eigenvalue weighted by molar-refractivity contribution is 7.99. The third-order valence-corrected chi connectivity index (χ3v) is 3.71. The van der Waals surface area contributed by atoms with Gasteiger partial charge in [-0.2, -0.15) is 0 Å². The largest absolute Gasteiger partial charge is 0.269 e. The molecule has 0 spiro atoms. The average Bonchev–Trinajstić information content (AvgIpc) is 2.34. The van der Waals surface area contributed by atoms with Crippen LogP contribution in [0.3, 0.4) is 0 Å². The van der Waals surface area contributed by atoms with Gasteiger partial charge in [0.2, 0.25) is 0 Å². The Bertz CT molecular complexity index is 343. The average molecular weight is 274 g/mol. The molecule has 0 aliphatic carbocycles. The molecule has 0 fully saturated rings. The number of hydrogen-bond acceptors (Lipinski definition) is 3. The first kappa shape index (κ1) is 14.3. The number of unbranched alkanes of at least 4 members (excludes halogenated alkanes) is 3. The number of non-ortho nitro benzene ring substituents is 1. The molecule has 0 aromatic heterocycles. The van der Waals surface area contributed by atoms with Crippen LogP contribution in [0.5, 0.6) is 0 Å². The summed E-state index contributed by atoms with van der Waals surface area (Å²) in [6.07, 6.45) is 4.64.